The van der Waals surface area contributed by atoms with Gasteiger partial charge in [0.05, 0.1) is 5.58 Å². The van der Waals surface area contributed by atoms with Gasteiger partial charge in [0.15, 0.2) is 0 Å². The minimum absolute atomic E-state index is 0. The molecule has 0 atom stereocenters. The van der Waals surface area contributed by atoms with Crippen molar-refractivity contribution in [3.8, 4) is 44.8 Å². The van der Waals surface area contributed by atoms with E-state index in [-0.39, 0.29) is 25.5 Å². The van der Waals surface area contributed by atoms with Crippen molar-refractivity contribution in [3.05, 3.63) is 163 Å². The van der Waals surface area contributed by atoms with E-state index in [4.69, 9.17) is 14.4 Å². The molecular weight excluding hydrogens is 909 g/mol. The quantitative estimate of drug-likeness (QED) is 0.123. The van der Waals surface area contributed by atoms with Gasteiger partial charge in [0, 0.05) is 31.7 Å². The van der Waals surface area contributed by atoms with E-state index in [1.54, 1.807) is 0 Å². The fourth-order valence-corrected chi connectivity index (χ4v) is 10.7. The van der Waals surface area contributed by atoms with Crippen LogP contribution in [0.2, 0.25) is 17.3 Å². The van der Waals surface area contributed by atoms with Crippen LogP contribution in [0.4, 0.5) is 0 Å². The predicted molar refractivity (Wildman–Crippen MR) is 231 cm³/mol. The van der Waals surface area contributed by atoms with Gasteiger partial charge in [-0.25, -0.2) is 0 Å². The molecule has 3 heterocycles. The molecule has 3 aromatic heterocycles. The Hall–Kier alpha value is -4.61. The predicted octanol–water partition coefficient (Wildman–Crippen LogP) is 13.1. The molecule has 8 rings (SSSR count). The summed E-state index contributed by atoms with van der Waals surface area (Å²) in [6.07, 6.45) is 5.06. The van der Waals surface area contributed by atoms with Gasteiger partial charge in [0.25, 0.3) is 0 Å². The SMILES string of the molecule is Cc1cc(-c2[c-]cc(-c3ccccc3)cc2)nc[c]1[Ge]([CH3])([CH3])[CH3].Cc1cnc(-c2[c-]ccc3c2oc2cc(-c4ccccc4)ccc23)cc1CC(C)(C)C.[Ir]. The average molecular weight is 958 g/mol. The third-order valence-corrected chi connectivity index (χ3v) is 14.3. The Kier molecular flexibility index (Phi) is 12.1. The first kappa shape index (κ1) is 40.1. The van der Waals surface area contributed by atoms with Gasteiger partial charge in [-0.15, -0.1) is 18.2 Å². The van der Waals surface area contributed by atoms with Gasteiger partial charge in [-0.1, -0.05) is 85.8 Å². The second kappa shape index (κ2) is 16.6. The van der Waals surface area contributed by atoms with E-state index in [0.29, 0.717) is 0 Å². The Morgan fingerprint density at radius 3 is 1.91 bits per heavy atom. The third-order valence-electron chi connectivity index (χ3n) is 9.85. The van der Waals surface area contributed by atoms with Crippen molar-refractivity contribution < 1.29 is 24.5 Å². The van der Waals surface area contributed by atoms with Crippen LogP contribution in [0.15, 0.2) is 138 Å². The summed E-state index contributed by atoms with van der Waals surface area (Å²) >= 11 is -1.83. The third kappa shape index (κ3) is 9.27. The molecular formula is C50H48GeIrN2O-2. The molecule has 0 fully saturated rings. The molecule has 8 aromatic rings. The molecule has 0 bridgehead atoms. The van der Waals surface area contributed by atoms with Gasteiger partial charge in [-0.05, 0) is 47.2 Å². The van der Waals surface area contributed by atoms with Crippen LogP contribution in [0.25, 0.3) is 66.7 Å². The van der Waals surface area contributed by atoms with Crippen LogP contribution in [0.3, 0.4) is 0 Å². The van der Waals surface area contributed by atoms with Crippen LogP contribution < -0.4 is 4.40 Å². The molecule has 0 spiro atoms. The standard InChI is InChI=1S/C29H26NO.C21H22GeN.Ir/c1-19-18-30-26(15-22(19)17-29(2,3)4)25-12-8-11-24-23-14-13-21(16-27(23)31-28(24)25)20-9-6-5-7-10-20;1-16-14-21(23-15-20(16)22(2,3)4)19-12-10-18(11-13-19)17-8-6-5-7-9-17;/h5-11,13-16,18H,17H2,1-4H3;5-12,14-15H,1-4H3;/q2*-1;. The number of aryl methyl sites for hydroxylation is 2. The molecule has 0 aliphatic carbocycles. The molecule has 0 aliphatic heterocycles. The molecule has 55 heavy (non-hydrogen) atoms. The van der Waals surface area contributed by atoms with E-state index in [0.717, 1.165) is 56.4 Å². The summed E-state index contributed by atoms with van der Waals surface area (Å²) in [6.45, 7) is 11.1. The molecule has 3 nitrogen and oxygen atoms in total. The maximum atomic E-state index is 6.40. The van der Waals surface area contributed by atoms with Crippen LogP contribution >= 0.6 is 0 Å². The van der Waals surface area contributed by atoms with Crippen LogP contribution in [-0.4, -0.2) is 23.2 Å². The van der Waals surface area contributed by atoms with Crippen molar-refractivity contribution in [3.63, 3.8) is 0 Å². The normalized spacial score (nSPS) is 11.6. The first-order chi connectivity index (χ1) is 25.8. The van der Waals surface area contributed by atoms with E-state index in [1.807, 2.05) is 24.4 Å². The van der Waals surface area contributed by atoms with Gasteiger partial charge < -0.3 is 9.40 Å². The molecule has 5 heteroatoms. The minimum atomic E-state index is -1.83. The Balaban J connectivity index is 0.000000192. The molecule has 279 valence electrons. The van der Waals surface area contributed by atoms with E-state index in [9.17, 15) is 0 Å². The largest absolute Gasteiger partial charge is 0.501 e. The minimum Gasteiger partial charge on any atom is -0.501 e. The Morgan fingerprint density at radius 2 is 1.29 bits per heavy atom. The van der Waals surface area contributed by atoms with Crippen LogP contribution in [0, 0.1) is 31.4 Å². The average Bonchev–Trinajstić information content (AvgIpc) is 3.54. The molecule has 0 saturated heterocycles. The number of pyridine rings is 2. The van der Waals surface area contributed by atoms with Gasteiger partial charge in [0.2, 0.25) is 0 Å². The van der Waals surface area contributed by atoms with Crippen molar-refractivity contribution >= 4 is 39.6 Å². The number of hydrogen-bond acceptors (Lipinski definition) is 3. The maximum absolute atomic E-state index is 6.40. The maximum Gasteiger partial charge on any atom is 0.121 e. The van der Waals surface area contributed by atoms with Crippen molar-refractivity contribution in [2.45, 2.75) is 58.3 Å². The Labute approximate surface area is 343 Å². The fraction of sp³-hybridized carbons (Fsp3) is 0.200. The fourth-order valence-electron chi connectivity index (χ4n) is 7.09. The zero-order valence-electron chi connectivity index (χ0n) is 33.0. The van der Waals surface area contributed by atoms with Gasteiger partial charge in [0.1, 0.15) is 5.58 Å². The second-order valence-corrected chi connectivity index (χ2v) is 27.1. The molecule has 0 saturated carbocycles. The van der Waals surface area contributed by atoms with Crippen LogP contribution in [-0.2, 0) is 26.5 Å². The smallest absolute Gasteiger partial charge is 0.121 e. The summed E-state index contributed by atoms with van der Waals surface area (Å²) in [5.41, 5.74) is 14.5. The van der Waals surface area contributed by atoms with Crippen LogP contribution in [0.1, 0.15) is 37.5 Å². The number of nitrogens with zero attached hydrogens (tertiary/aromatic N) is 2. The number of hydrogen-bond donors (Lipinski definition) is 0. The van der Waals surface area contributed by atoms with Crippen LogP contribution in [0.5, 0.6) is 0 Å². The Morgan fingerprint density at radius 1 is 0.636 bits per heavy atom. The summed E-state index contributed by atoms with van der Waals surface area (Å²) in [5.74, 6) is 7.22. The summed E-state index contributed by atoms with van der Waals surface area (Å²) in [7, 11) is 0. The molecule has 0 amide bonds. The monoisotopic (exact) mass is 959 g/mol. The number of benzene rings is 5. The zero-order valence-corrected chi connectivity index (χ0v) is 37.5. The first-order valence-electron chi connectivity index (χ1n) is 18.8. The summed E-state index contributed by atoms with van der Waals surface area (Å²) in [4.78, 5) is 9.43. The molecule has 1 radical (unpaired) electrons. The van der Waals surface area contributed by atoms with Gasteiger partial charge >= 0.3 is 142 Å². The number of furan rings is 1. The number of rotatable bonds is 6. The first-order valence-corrected chi connectivity index (χ1v) is 26.1. The molecule has 5 aromatic carbocycles. The summed E-state index contributed by atoms with van der Waals surface area (Å²) < 4.78 is 7.88. The zero-order chi connectivity index (χ0) is 38.0. The topological polar surface area (TPSA) is 38.9 Å². The van der Waals surface area contributed by atoms with E-state index >= 15 is 0 Å². The Bertz CT molecular complexity index is 2550. The van der Waals surface area contributed by atoms with E-state index in [1.165, 1.54) is 37.8 Å². The van der Waals surface area contributed by atoms with Gasteiger partial charge in [-0.3, -0.25) is 0 Å². The number of aromatic nitrogens is 2. The number of fused-ring (bicyclic) bond motifs is 3. The van der Waals surface area contributed by atoms with E-state index < -0.39 is 13.3 Å². The van der Waals surface area contributed by atoms with Gasteiger partial charge in [-0.2, -0.15) is 0 Å². The molecule has 0 N–H and O–H groups in total. The van der Waals surface area contributed by atoms with E-state index in [2.05, 4.69) is 173 Å². The molecule has 0 aliphatic rings. The van der Waals surface area contributed by atoms with Crippen molar-refractivity contribution in [2.24, 2.45) is 5.41 Å². The van der Waals surface area contributed by atoms with Crippen molar-refractivity contribution in [1.82, 2.24) is 9.97 Å². The van der Waals surface area contributed by atoms with Crippen molar-refractivity contribution in [1.29, 1.82) is 0 Å². The summed E-state index contributed by atoms with van der Waals surface area (Å²) in [5, 5.41) is 2.22. The second-order valence-electron chi connectivity index (χ2n) is 16.5. The summed E-state index contributed by atoms with van der Waals surface area (Å²) in [6, 6.07) is 48.8. The molecule has 0 unspecified atom stereocenters. The van der Waals surface area contributed by atoms with Crippen molar-refractivity contribution in [2.75, 3.05) is 0 Å².